The molecule has 19 heavy (non-hydrogen) atoms. The van der Waals surface area contributed by atoms with Crippen molar-refractivity contribution in [1.29, 1.82) is 0 Å². The van der Waals surface area contributed by atoms with Gasteiger partial charge in [0.05, 0.1) is 0 Å². The van der Waals surface area contributed by atoms with Gasteiger partial charge < -0.3 is 15.0 Å². The molecular weight excluding hydrogens is 240 g/mol. The molecule has 0 amide bonds. The number of hydrogen-bond acceptors (Lipinski definition) is 5. The van der Waals surface area contributed by atoms with Crippen LogP contribution < -0.4 is 10.2 Å². The van der Waals surface area contributed by atoms with Gasteiger partial charge in [-0.15, -0.1) is 0 Å². The minimum absolute atomic E-state index is 0.397. The normalized spacial score (nSPS) is 10.8. The third kappa shape index (κ3) is 5.03. The van der Waals surface area contributed by atoms with Gasteiger partial charge in [0, 0.05) is 32.3 Å². The fourth-order valence-electron chi connectivity index (χ4n) is 1.53. The average molecular weight is 266 g/mol. The highest BCUT2D eigenvalue weighted by molar-refractivity contribution is 5.49. The predicted octanol–water partition coefficient (Wildman–Crippen LogP) is 2.68. The first-order valence-corrected chi connectivity index (χ1v) is 7.00. The van der Waals surface area contributed by atoms with E-state index >= 15 is 0 Å². The largest absolute Gasteiger partial charge is 0.374 e. The molecule has 0 aliphatic rings. The van der Waals surface area contributed by atoms with E-state index in [-0.39, 0.29) is 0 Å². The first kappa shape index (κ1) is 15.7. The number of nitrogens with zero attached hydrogens (tertiary/aromatic N) is 3. The zero-order chi connectivity index (χ0) is 14.3. The van der Waals surface area contributed by atoms with Crippen LogP contribution in [0, 0.1) is 0 Å². The lowest BCUT2D eigenvalue weighted by atomic mass is 10.3. The molecule has 0 saturated heterocycles. The van der Waals surface area contributed by atoms with E-state index in [1.54, 1.807) is 0 Å². The lowest BCUT2D eigenvalue weighted by Gasteiger charge is -2.23. The van der Waals surface area contributed by atoms with Gasteiger partial charge in [0.2, 0.25) is 0 Å². The van der Waals surface area contributed by atoms with Crippen LogP contribution in [0.15, 0.2) is 6.07 Å². The van der Waals surface area contributed by atoms with Gasteiger partial charge in [0.1, 0.15) is 18.2 Å². The Balaban J connectivity index is 2.94. The van der Waals surface area contributed by atoms with Crippen LogP contribution >= 0.6 is 0 Å². The fourth-order valence-corrected chi connectivity index (χ4v) is 1.53. The Morgan fingerprint density at radius 2 is 2.05 bits per heavy atom. The van der Waals surface area contributed by atoms with Gasteiger partial charge >= 0.3 is 0 Å². The van der Waals surface area contributed by atoms with Crippen molar-refractivity contribution in [3.63, 3.8) is 0 Å². The highest BCUT2D eigenvalue weighted by Gasteiger charge is 2.10. The molecule has 0 aromatic carbocycles. The summed E-state index contributed by atoms with van der Waals surface area (Å²) in [4.78, 5) is 11.2. The van der Waals surface area contributed by atoms with Crippen LogP contribution in [-0.4, -0.2) is 36.2 Å². The molecule has 0 aliphatic heterocycles. The van der Waals surface area contributed by atoms with Crippen LogP contribution in [0.2, 0.25) is 0 Å². The second-order valence-electron chi connectivity index (χ2n) is 4.80. The first-order valence-electron chi connectivity index (χ1n) is 7.00. The number of rotatable bonds is 8. The number of anilines is 2. The molecule has 0 saturated carbocycles. The van der Waals surface area contributed by atoms with Crippen molar-refractivity contribution in [1.82, 2.24) is 9.97 Å². The van der Waals surface area contributed by atoms with Crippen molar-refractivity contribution in [2.24, 2.45) is 0 Å². The third-order valence-corrected chi connectivity index (χ3v) is 2.89. The van der Waals surface area contributed by atoms with E-state index in [1.807, 2.05) is 20.0 Å². The van der Waals surface area contributed by atoms with Gasteiger partial charge in [-0.3, -0.25) is 0 Å². The van der Waals surface area contributed by atoms with E-state index in [0.29, 0.717) is 19.3 Å². The fraction of sp³-hybridized carbons (Fsp3) is 0.714. The van der Waals surface area contributed by atoms with Gasteiger partial charge in [0.25, 0.3) is 0 Å². The van der Waals surface area contributed by atoms with Crippen molar-refractivity contribution in [3.8, 4) is 0 Å². The zero-order valence-corrected chi connectivity index (χ0v) is 12.7. The molecule has 5 heteroatoms. The van der Waals surface area contributed by atoms with E-state index in [4.69, 9.17) is 4.74 Å². The summed E-state index contributed by atoms with van der Waals surface area (Å²) in [6, 6.07) is 2.39. The number of ether oxygens (including phenoxy) is 1. The Kier molecular flexibility index (Phi) is 6.56. The Morgan fingerprint density at radius 3 is 2.63 bits per heavy atom. The average Bonchev–Trinajstić information content (AvgIpc) is 2.41. The van der Waals surface area contributed by atoms with Gasteiger partial charge in [-0.2, -0.15) is 0 Å². The van der Waals surface area contributed by atoms with Crippen LogP contribution in [-0.2, 0) is 11.3 Å². The smallest absolute Gasteiger partial charge is 0.158 e. The highest BCUT2D eigenvalue weighted by atomic mass is 16.5. The van der Waals surface area contributed by atoms with Crippen molar-refractivity contribution in [2.45, 2.75) is 46.8 Å². The number of aromatic nitrogens is 2. The van der Waals surface area contributed by atoms with E-state index in [0.717, 1.165) is 30.4 Å². The lowest BCUT2D eigenvalue weighted by Crippen LogP contribution is -2.27. The molecule has 0 spiro atoms. The standard InChI is InChI=1S/C14H26N4O/c1-6-8-15-12-9-14(18(5)11(3)4)17-13(16-12)10-19-7-2/h9,11H,6-8,10H2,1-5H3,(H,15,16,17). The molecule has 0 aliphatic carbocycles. The molecule has 1 aromatic rings. The maximum Gasteiger partial charge on any atom is 0.158 e. The molecule has 0 fully saturated rings. The summed E-state index contributed by atoms with van der Waals surface area (Å²) < 4.78 is 5.40. The molecule has 108 valence electrons. The summed E-state index contributed by atoms with van der Waals surface area (Å²) in [5.74, 6) is 2.53. The van der Waals surface area contributed by atoms with Crippen molar-refractivity contribution in [3.05, 3.63) is 11.9 Å². The maximum atomic E-state index is 5.40. The van der Waals surface area contributed by atoms with E-state index in [2.05, 4.69) is 41.0 Å². The third-order valence-electron chi connectivity index (χ3n) is 2.89. The Hall–Kier alpha value is -1.36. The van der Waals surface area contributed by atoms with Gasteiger partial charge in [-0.25, -0.2) is 9.97 Å². The molecule has 0 radical (unpaired) electrons. The van der Waals surface area contributed by atoms with Crippen molar-refractivity contribution < 1.29 is 4.74 Å². The number of nitrogens with one attached hydrogen (secondary N) is 1. The summed E-state index contributed by atoms with van der Waals surface area (Å²) in [5, 5.41) is 3.31. The monoisotopic (exact) mass is 266 g/mol. The minimum Gasteiger partial charge on any atom is -0.374 e. The summed E-state index contributed by atoms with van der Waals surface area (Å²) in [6.45, 7) is 10.4. The minimum atomic E-state index is 0.397. The molecule has 0 unspecified atom stereocenters. The first-order chi connectivity index (χ1) is 9.08. The summed E-state index contributed by atoms with van der Waals surface area (Å²) in [7, 11) is 2.04. The summed E-state index contributed by atoms with van der Waals surface area (Å²) in [5.41, 5.74) is 0. The van der Waals surface area contributed by atoms with Gasteiger partial charge in [0.15, 0.2) is 5.82 Å². The van der Waals surface area contributed by atoms with E-state index < -0.39 is 0 Å². The molecule has 0 atom stereocenters. The van der Waals surface area contributed by atoms with E-state index in [9.17, 15) is 0 Å². The predicted molar refractivity (Wildman–Crippen MR) is 79.7 cm³/mol. The van der Waals surface area contributed by atoms with E-state index in [1.165, 1.54) is 0 Å². The molecule has 1 heterocycles. The molecule has 5 nitrogen and oxygen atoms in total. The second-order valence-corrected chi connectivity index (χ2v) is 4.80. The molecular formula is C14H26N4O. The molecule has 1 rings (SSSR count). The summed E-state index contributed by atoms with van der Waals surface area (Å²) >= 11 is 0. The van der Waals surface area contributed by atoms with Gasteiger partial charge in [-0.05, 0) is 27.2 Å². The van der Waals surface area contributed by atoms with Crippen LogP contribution in [0.25, 0.3) is 0 Å². The zero-order valence-electron chi connectivity index (χ0n) is 12.7. The molecule has 0 bridgehead atoms. The quantitative estimate of drug-likeness (QED) is 0.784. The topological polar surface area (TPSA) is 50.3 Å². The maximum absolute atomic E-state index is 5.40. The second kappa shape index (κ2) is 7.94. The van der Waals surface area contributed by atoms with Crippen molar-refractivity contribution in [2.75, 3.05) is 30.4 Å². The van der Waals surface area contributed by atoms with Crippen LogP contribution in [0.3, 0.4) is 0 Å². The van der Waals surface area contributed by atoms with Crippen LogP contribution in [0.4, 0.5) is 11.6 Å². The Labute approximate surface area is 116 Å². The molecule has 1 N–H and O–H groups in total. The molecule has 1 aromatic heterocycles. The number of hydrogen-bond donors (Lipinski definition) is 1. The van der Waals surface area contributed by atoms with Crippen LogP contribution in [0.5, 0.6) is 0 Å². The SMILES string of the molecule is CCCNc1cc(N(C)C(C)C)nc(COCC)n1. The lowest BCUT2D eigenvalue weighted by molar-refractivity contribution is 0.128. The Morgan fingerprint density at radius 1 is 1.32 bits per heavy atom. The highest BCUT2D eigenvalue weighted by Crippen LogP contribution is 2.17. The Bertz CT molecular complexity index is 355. The summed E-state index contributed by atoms with van der Waals surface area (Å²) in [6.07, 6.45) is 1.07. The van der Waals surface area contributed by atoms with Crippen LogP contribution in [0.1, 0.15) is 39.9 Å². The van der Waals surface area contributed by atoms with Gasteiger partial charge in [-0.1, -0.05) is 6.92 Å². The van der Waals surface area contributed by atoms with Crippen molar-refractivity contribution >= 4 is 11.6 Å².